The third kappa shape index (κ3) is 5.10. The lowest BCUT2D eigenvalue weighted by Gasteiger charge is -2.11. The van der Waals surface area contributed by atoms with Crippen LogP contribution >= 0.6 is 0 Å². The summed E-state index contributed by atoms with van der Waals surface area (Å²) in [4.78, 5) is 11.2. The van der Waals surface area contributed by atoms with Gasteiger partial charge < -0.3 is 11.1 Å². The van der Waals surface area contributed by atoms with E-state index in [1.165, 1.54) is 0 Å². The smallest absolute Gasteiger partial charge is 0.232 e. The molecule has 2 unspecified atom stereocenters. The van der Waals surface area contributed by atoms with Gasteiger partial charge in [0.1, 0.15) is 5.75 Å². The highest BCUT2D eigenvalue weighted by Gasteiger charge is 2.12. The molecule has 0 bridgehead atoms. The molecular formula is C12H18N2O2S. The van der Waals surface area contributed by atoms with E-state index in [9.17, 15) is 9.00 Å². The van der Waals surface area contributed by atoms with Crippen molar-refractivity contribution >= 4 is 16.7 Å². The summed E-state index contributed by atoms with van der Waals surface area (Å²) >= 11 is 0. The largest absolute Gasteiger partial charge is 0.356 e. The maximum atomic E-state index is 11.7. The van der Waals surface area contributed by atoms with Crippen LogP contribution in [0.3, 0.4) is 0 Å². The average molecular weight is 254 g/mol. The van der Waals surface area contributed by atoms with Gasteiger partial charge in [-0.1, -0.05) is 30.3 Å². The minimum absolute atomic E-state index is 0.0222. The Kier molecular flexibility index (Phi) is 5.86. The van der Waals surface area contributed by atoms with E-state index in [1.807, 2.05) is 37.3 Å². The predicted octanol–water partition coefficient (Wildman–Crippen LogP) is 0.571. The highest BCUT2D eigenvalue weighted by Crippen LogP contribution is 2.10. The number of hydrogen-bond acceptors (Lipinski definition) is 3. The third-order valence-electron chi connectivity index (χ3n) is 2.26. The number of benzene rings is 1. The topological polar surface area (TPSA) is 72.2 Å². The van der Waals surface area contributed by atoms with Crippen LogP contribution in [-0.4, -0.2) is 28.2 Å². The lowest BCUT2D eigenvalue weighted by atomic mass is 10.1. The first-order valence-corrected chi connectivity index (χ1v) is 7.04. The number of carbonyl (C=O) groups excluding carboxylic acids is 1. The molecule has 0 heterocycles. The zero-order chi connectivity index (χ0) is 12.7. The number of nitrogens with two attached hydrogens (primary N) is 1. The fourth-order valence-corrected chi connectivity index (χ4v) is 2.56. The van der Waals surface area contributed by atoms with Crippen molar-refractivity contribution in [1.29, 1.82) is 0 Å². The van der Waals surface area contributed by atoms with Crippen molar-refractivity contribution in [3.8, 4) is 0 Å². The van der Waals surface area contributed by atoms with Crippen LogP contribution < -0.4 is 11.1 Å². The van der Waals surface area contributed by atoms with Crippen molar-refractivity contribution in [3.63, 3.8) is 0 Å². The molecule has 1 rings (SSSR count). The van der Waals surface area contributed by atoms with Gasteiger partial charge in [-0.05, 0) is 12.5 Å². The molecule has 0 saturated carbocycles. The first kappa shape index (κ1) is 13.9. The van der Waals surface area contributed by atoms with Gasteiger partial charge in [-0.2, -0.15) is 0 Å². The Balaban J connectivity index is 2.44. The van der Waals surface area contributed by atoms with Crippen molar-refractivity contribution in [2.75, 3.05) is 18.1 Å². The summed E-state index contributed by atoms with van der Waals surface area (Å²) in [6.45, 7) is 2.39. The maximum Gasteiger partial charge on any atom is 0.232 e. The summed E-state index contributed by atoms with van der Waals surface area (Å²) in [6.07, 6.45) is 0. The van der Waals surface area contributed by atoms with E-state index in [0.717, 1.165) is 5.56 Å². The molecular weight excluding hydrogens is 236 g/mol. The summed E-state index contributed by atoms with van der Waals surface area (Å²) in [5, 5.41) is 2.62. The van der Waals surface area contributed by atoms with E-state index in [0.29, 0.717) is 12.3 Å². The molecule has 0 aliphatic rings. The Morgan fingerprint density at radius 2 is 2.06 bits per heavy atom. The molecule has 0 radical (unpaired) electrons. The van der Waals surface area contributed by atoms with Gasteiger partial charge in [0, 0.05) is 29.1 Å². The monoisotopic (exact) mass is 254 g/mol. The highest BCUT2D eigenvalue weighted by atomic mass is 32.2. The van der Waals surface area contributed by atoms with Crippen molar-refractivity contribution in [2.45, 2.75) is 13.0 Å². The van der Waals surface area contributed by atoms with Crippen LogP contribution in [0.4, 0.5) is 0 Å². The quantitative estimate of drug-likeness (QED) is 0.779. The Labute approximate surface area is 104 Å². The van der Waals surface area contributed by atoms with Crippen LogP contribution in [0.2, 0.25) is 0 Å². The van der Waals surface area contributed by atoms with Crippen LogP contribution in [-0.2, 0) is 15.6 Å². The Hall–Kier alpha value is -1.20. The van der Waals surface area contributed by atoms with Gasteiger partial charge in [-0.3, -0.25) is 9.00 Å². The fourth-order valence-electron chi connectivity index (χ4n) is 1.45. The van der Waals surface area contributed by atoms with E-state index in [-0.39, 0.29) is 17.7 Å². The third-order valence-corrected chi connectivity index (χ3v) is 3.57. The first-order valence-electron chi connectivity index (χ1n) is 5.55. The van der Waals surface area contributed by atoms with E-state index >= 15 is 0 Å². The number of hydrogen-bond donors (Lipinski definition) is 2. The molecule has 0 aliphatic heterocycles. The SMILES string of the molecule is CCNC(=O)CS(=O)CC(N)c1ccccc1. The van der Waals surface area contributed by atoms with Gasteiger partial charge in [-0.25, -0.2) is 0 Å². The lowest BCUT2D eigenvalue weighted by molar-refractivity contribution is -0.118. The molecule has 0 saturated heterocycles. The summed E-state index contributed by atoms with van der Waals surface area (Å²) in [5.74, 6) is 0.140. The predicted molar refractivity (Wildman–Crippen MR) is 69.9 cm³/mol. The number of nitrogens with one attached hydrogen (secondary N) is 1. The van der Waals surface area contributed by atoms with E-state index in [1.54, 1.807) is 0 Å². The molecule has 17 heavy (non-hydrogen) atoms. The number of amides is 1. The van der Waals surface area contributed by atoms with Crippen molar-refractivity contribution in [3.05, 3.63) is 35.9 Å². The maximum absolute atomic E-state index is 11.7. The highest BCUT2D eigenvalue weighted by molar-refractivity contribution is 7.85. The molecule has 0 aromatic heterocycles. The average Bonchev–Trinajstić information content (AvgIpc) is 2.30. The summed E-state index contributed by atoms with van der Waals surface area (Å²) < 4.78 is 11.7. The second kappa shape index (κ2) is 7.19. The van der Waals surface area contributed by atoms with Crippen LogP contribution in [0, 0.1) is 0 Å². The first-order chi connectivity index (χ1) is 8.13. The van der Waals surface area contributed by atoms with Gasteiger partial charge in [-0.15, -0.1) is 0 Å². The van der Waals surface area contributed by atoms with Gasteiger partial charge >= 0.3 is 0 Å². The van der Waals surface area contributed by atoms with E-state index < -0.39 is 10.8 Å². The molecule has 5 heteroatoms. The standard InChI is InChI=1S/C12H18N2O2S/c1-2-14-12(15)9-17(16)8-11(13)10-6-4-3-5-7-10/h3-7,11H,2,8-9,13H2,1H3,(H,14,15). The Morgan fingerprint density at radius 1 is 1.41 bits per heavy atom. The molecule has 4 nitrogen and oxygen atoms in total. The molecule has 2 atom stereocenters. The zero-order valence-corrected chi connectivity index (χ0v) is 10.7. The molecule has 1 aromatic carbocycles. The van der Waals surface area contributed by atoms with Crippen LogP contribution in [0.25, 0.3) is 0 Å². The molecule has 94 valence electrons. The Morgan fingerprint density at radius 3 is 2.65 bits per heavy atom. The van der Waals surface area contributed by atoms with Gasteiger partial charge in [0.2, 0.25) is 5.91 Å². The minimum Gasteiger partial charge on any atom is -0.356 e. The van der Waals surface area contributed by atoms with E-state index in [2.05, 4.69) is 5.32 Å². The number of rotatable bonds is 6. The summed E-state index contributed by atoms with van der Waals surface area (Å²) in [5.41, 5.74) is 6.86. The molecule has 1 aromatic rings. The van der Waals surface area contributed by atoms with Gasteiger partial charge in [0.25, 0.3) is 0 Å². The molecule has 0 fully saturated rings. The van der Waals surface area contributed by atoms with Crippen molar-refractivity contribution in [2.24, 2.45) is 5.73 Å². The van der Waals surface area contributed by atoms with Crippen LogP contribution in [0.5, 0.6) is 0 Å². The summed E-state index contributed by atoms with van der Waals surface area (Å²) in [7, 11) is -1.22. The lowest BCUT2D eigenvalue weighted by Crippen LogP contribution is -2.30. The van der Waals surface area contributed by atoms with Gasteiger partial charge in [0.05, 0.1) is 0 Å². The molecule has 1 amide bonds. The molecule has 0 aliphatic carbocycles. The zero-order valence-electron chi connectivity index (χ0n) is 9.89. The van der Waals surface area contributed by atoms with Crippen LogP contribution in [0.1, 0.15) is 18.5 Å². The molecule has 0 spiro atoms. The molecule has 3 N–H and O–H groups in total. The van der Waals surface area contributed by atoms with Crippen LogP contribution in [0.15, 0.2) is 30.3 Å². The summed E-state index contributed by atoms with van der Waals surface area (Å²) in [6, 6.07) is 9.19. The van der Waals surface area contributed by atoms with Crippen molar-refractivity contribution < 1.29 is 9.00 Å². The van der Waals surface area contributed by atoms with Crippen molar-refractivity contribution in [1.82, 2.24) is 5.32 Å². The number of carbonyl (C=O) groups is 1. The fraction of sp³-hybridized carbons (Fsp3) is 0.417. The minimum atomic E-state index is -1.22. The second-order valence-electron chi connectivity index (χ2n) is 3.72. The van der Waals surface area contributed by atoms with Gasteiger partial charge in [0.15, 0.2) is 0 Å². The normalized spacial score (nSPS) is 14.0. The van der Waals surface area contributed by atoms with E-state index in [4.69, 9.17) is 5.73 Å². The second-order valence-corrected chi connectivity index (χ2v) is 5.22. The Bertz CT molecular complexity index is 381.